The van der Waals surface area contributed by atoms with Crippen molar-refractivity contribution in [2.45, 2.75) is 32.4 Å². The van der Waals surface area contributed by atoms with Gasteiger partial charge in [-0.3, -0.25) is 0 Å². The predicted molar refractivity (Wildman–Crippen MR) is 101 cm³/mol. The number of piperidine rings is 1. The number of halogens is 1. The lowest BCUT2D eigenvalue weighted by atomic mass is 10.0. The maximum Gasteiger partial charge on any atom is 0.227 e. The quantitative estimate of drug-likeness (QED) is 0.804. The van der Waals surface area contributed by atoms with Crippen LogP contribution in [0.25, 0.3) is 0 Å². The van der Waals surface area contributed by atoms with E-state index in [1.54, 1.807) is 12.1 Å². The third kappa shape index (κ3) is 4.44. The minimum absolute atomic E-state index is 0.163. The van der Waals surface area contributed by atoms with Crippen LogP contribution in [0.15, 0.2) is 24.4 Å². The van der Waals surface area contributed by atoms with Crippen molar-refractivity contribution < 1.29 is 9.13 Å². The third-order valence-corrected chi connectivity index (χ3v) is 4.58. The Morgan fingerprint density at radius 1 is 1.41 bits per heavy atom. The van der Waals surface area contributed by atoms with Crippen molar-refractivity contribution in [1.29, 1.82) is 5.26 Å². The molecule has 0 amide bonds. The maximum atomic E-state index is 13.9. The van der Waals surface area contributed by atoms with E-state index < -0.39 is 0 Å². The van der Waals surface area contributed by atoms with Crippen LogP contribution in [0.4, 0.5) is 16.2 Å². The van der Waals surface area contributed by atoms with Gasteiger partial charge in [-0.1, -0.05) is 6.07 Å². The van der Waals surface area contributed by atoms with E-state index in [-0.39, 0.29) is 29.0 Å². The van der Waals surface area contributed by atoms with Crippen molar-refractivity contribution in [2.75, 3.05) is 30.3 Å². The van der Waals surface area contributed by atoms with Crippen LogP contribution >= 0.6 is 0 Å². The van der Waals surface area contributed by atoms with Crippen LogP contribution in [0.1, 0.15) is 30.9 Å². The second-order valence-corrected chi connectivity index (χ2v) is 6.39. The zero-order valence-corrected chi connectivity index (χ0v) is 15.3. The van der Waals surface area contributed by atoms with Crippen LogP contribution in [0.2, 0.25) is 0 Å². The van der Waals surface area contributed by atoms with Gasteiger partial charge in [0.2, 0.25) is 5.95 Å². The molecule has 0 atom stereocenters. The fourth-order valence-electron chi connectivity index (χ4n) is 3.20. The molecule has 3 rings (SSSR count). The number of nitriles is 1. The largest absolute Gasteiger partial charge is 0.491 e. The average molecular weight is 370 g/mol. The smallest absolute Gasteiger partial charge is 0.227 e. The number of aromatic nitrogens is 2. The fraction of sp³-hybridized carbons (Fsp3) is 0.421. The van der Waals surface area contributed by atoms with Gasteiger partial charge in [0.05, 0.1) is 12.8 Å². The molecule has 2 aromatic rings. The van der Waals surface area contributed by atoms with Crippen molar-refractivity contribution in [1.82, 2.24) is 15.3 Å². The summed E-state index contributed by atoms with van der Waals surface area (Å²) in [7, 11) is 0. The SMILES string of the molecule is CCOc1cc(CN(c2ncc(C#N)c(N)n2)C2CCNCC2)ccc1F. The van der Waals surface area contributed by atoms with Crippen LogP contribution in [-0.4, -0.2) is 35.7 Å². The van der Waals surface area contributed by atoms with E-state index in [1.807, 2.05) is 13.0 Å². The summed E-state index contributed by atoms with van der Waals surface area (Å²) in [6.07, 6.45) is 3.31. The molecule has 1 aliphatic heterocycles. The Kier molecular flexibility index (Phi) is 6.04. The van der Waals surface area contributed by atoms with Gasteiger partial charge in [-0.05, 0) is 50.6 Å². The summed E-state index contributed by atoms with van der Waals surface area (Å²) in [6.45, 7) is 4.52. The normalized spacial score (nSPS) is 14.6. The summed E-state index contributed by atoms with van der Waals surface area (Å²) in [4.78, 5) is 10.8. The maximum absolute atomic E-state index is 13.9. The molecule has 0 aliphatic carbocycles. The molecular formula is C19H23FN6O. The van der Waals surface area contributed by atoms with Crippen LogP contribution in [-0.2, 0) is 6.54 Å². The van der Waals surface area contributed by atoms with Crippen molar-refractivity contribution in [3.63, 3.8) is 0 Å². The molecule has 8 heteroatoms. The number of anilines is 2. The highest BCUT2D eigenvalue weighted by molar-refractivity contribution is 5.51. The molecule has 0 unspecified atom stereocenters. The highest BCUT2D eigenvalue weighted by Crippen LogP contribution is 2.25. The van der Waals surface area contributed by atoms with Crippen molar-refractivity contribution in [2.24, 2.45) is 0 Å². The summed E-state index contributed by atoms with van der Waals surface area (Å²) in [5.41, 5.74) is 7.04. The highest BCUT2D eigenvalue weighted by Gasteiger charge is 2.24. The number of benzene rings is 1. The van der Waals surface area contributed by atoms with Crippen molar-refractivity contribution in [3.8, 4) is 11.8 Å². The Labute approximate surface area is 158 Å². The molecule has 7 nitrogen and oxygen atoms in total. The second kappa shape index (κ2) is 8.64. The van der Waals surface area contributed by atoms with Gasteiger partial charge in [-0.25, -0.2) is 9.37 Å². The van der Waals surface area contributed by atoms with Gasteiger partial charge < -0.3 is 20.7 Å². The van der Waals surface area contributed by atoms with Gasteiger partial charge in [0.15, 0.2) is 11.6 Å². The summed E-state index contributed by atoms with van der Waals surface area (Å²) in [5, 5.41) is 12.4. The molecule has 1 aromatic carbocycles. The summed E-state index contributed by atoms with van der Waals surface area (Å²) in [5.74, 6) is 0.490. The van der Waals surface area contributed by atoms with Gasteiger partial charge in [-0.2, -0.15) is 10.2 Å². The van der Waals surface area contributed by atoms with Gasteiger partial charge in [0, 0.05) is 12.6 Å². The Bertz CT molecular complexity index is 831. The lowest BCUT2D eigenvalue weighted by Gasteiger charge is -2.35. The van der Waals surface area contributed by atoms with E-state index in [0.29, 0.717) is 19.1 Å². The molecule has 142 valence electrons. The number of nitrogens with two attached hydrogens (primary N) is 1. The molecule has 1 fully saturated rings. The lowest BCUT2D eigenvalue weighted by Crippen LogP contribution is -2.43. The van der Waals surface area contributed by atoms with Crippen LogP contribution in [0, 0.1) is 17.1 Å². The predicted octanol–water partition coefficient (Wildman–Crippen LogP) is 2.23. The summed E-state index contributed by atoms with van der Waals surface area (Å²) < 4.78 is 19.3. The Balaban J connectivity index is 1.92. The number of ether oxygens (including phenoxy) is 1. The molecule has 0 bridgehead atoms. The molecule has 0 spiro atoms. The van der Waals surface area contributed by atoms with E-state index in [1.165, 1.54) is 12.3 Å². The minimum atomic E-state index is -0.382. The lowest BCUT2D eigenvalue weighted by molar-refractivity contribution is 0.321. The van der Waals surface area contributed by atoms with E-state index in [4.69, 9.17) is 15.7 Å². The van der Waals surface area contributed by atoms with Gasteiger partial charge >= 0.3 is 0 Å². The fourth-order valence-corrected chi connectivity index (χ4v) is 3.20. The van der Waals surface area contributed by atoms with Crippen LogP contribution in [0.5, 0.6) is 5.75 Å². The highest BCUT2D eigenvalue weighted by atomic mass is 19.1. The molecule has 1 saturated heterocycles. The van der Waals surface area contributed by atoms with E-state index >= 15 is 0 Å². The topological polar surface area (TPSA) is 100 Å². The first-order valence-electron chi connectivity index (χ1n) is 9.03. The van der Waals surface area contributed by atoms with Gasteiger partial charge in [0.1, 0.15) is 17.5 Å². The first-order chi connectivity index (χ1) is 13.1. The van der Waals surface area contributed by atoms with Gasteiger partial charge in [-0.15, -0.1) is 0 Å². The minimum Gasteiger partial charge on any atom is -0.491 e. The monoisotopic (exact) mass is 370 g/mol. The summed E-state index contributed by atoms with van der Waals surface area (Å²) >= 11 is 0. The Hall–Kier alpha value is -2.92. The molecular weight excluding hydrogens is 347 g/mol. The molecule has 3 N–H and O–H groups in total. The second-order valence-electron chi connectivity index (χ2n) is 6.39. The number of nitrogens with one attached hydrogen (secondary N) is 1. The number of hydrogen-bond acceptors (Lipinski definition) is 7. The molecule has 1 aliphatic rings. The number of nitrogen functional groups attached to an aromatic ring is 1. The number of nitrogens with zero attached hydrogens (tertiary/aromatic N) is 4. The van der Waals surface area contributed by atoms with Crippen molar-refractivity contribution >= 4 is 11.8 Å². The molecule has 0 saturated carbocycles. The average Bonchev–Trinajstić information content (AvgIpc) is 2.69. The number of rotatable bonds is 6. The van der Waals surface area contributed by atoms with Crippen LogP contribution in [0.3, 0.4) is 0 Å². The first kappa shape index (κ1) is 18.9. The number of hydrogen-bond donors (Lipinski definition) is 2. The van der Waals surface area contributed by atoms with E-state index in [9.17, 15) is 4.39 Å². The van der Waals surface area contributed by atoms with Gasteiger partial charge in [0.25, 0.3) is 0 Å². The van der Waals surface area contributed by atoms with Crippen LogP contribution < -0.4 is 20.7 Å². The third-order valence-electron chi connectivity index (χ3n) is 4.58. The molecule has 0 radical (unpaired) electrons. The molecule has 2 heterocycles. The summed E-state index contributed by atoms with van der Waals surface area (Å²) in [6, 6.07) is 7.06. The Morgan fingerprint density at radius 2 is 2.19 bits per heavy atom. The van der Waals surface area contributed by atoms with Crippen molar-refractivity contribution in [3.05, 3.63) is 41.3 Å². The molecule has 27 heavy (non-hydrogen) atoms. The first-order valence-corrected chi connectivity index (χ1v) is 9.03. The molecule has 1 aromatic heterocycles. The van der Waals surface area contributed by atoms with E-state index in [0.717, 1.165) is 31.5 Å². The van der Waals surface area contributed by atoms with E-state index in [2.05, 4.69) is 20.2 Å². The zero-order chi connectivity index (χ0) is 19.2. The standard InChI is InChI=1S/C19H23FN6O/c1-2-27-17-9-13(3-4-16(17)20)12-26(15-5-7-23-8-6-15)19-24-11-14(10-21)18(22)25-19/h3-4,9,11,15,23H,2,5-8,12H2,1H3,(H2,22,24,25). The Morgan fingerprint density at radius 3 is 2.85 bits per heavy atom. The zero-order valence-electron chi connectivity index (χ0n) is 15.3.